The molecule has 1 atom stereocenters. The zero-order valence-electron chi connectivity index (χ0n) is 20.1. The molecular formula is C30H31FO4. The number of carboxylic acid groups (broad SMARTS) is 1. The second kappa shape index (κ2) is 10.1. The Morgan fingerprint density at radius 3 is 2.51 bits per heavy atom. The molecule has 2 aliphatic rings. The predicted octanol–water partition coefficient (Wildman–Crippen LogP) is 7.24. The summed E-state index contributed by atoms with van der Waals surface area (Å²) in [7, 11) is 1.60. The van der Waals surface area contributed by atoms with Gasteiger partial charge in [-0.1, -0.05) is 37.1 Å². The number of hydrogen-bond donors (Lipinski definition) is 1. The lowest BCUT2D eigenvalue weighted by Gasteiger charge is -2.19. The van der Waals surface area contributed by atoms with E-state index in [4.69, 9.17) is 9.47 Å². The summed E-state index contributed by atoms with van der Waals surface area (Å²) < 4.78 is 26.3. The van der Waals surface area contributed by atoms with Crippen LogP contribution in [0.3, 0.4) is 0 Å². The molecule has 182 valence electrons. The van der Waals surface area contributed by atoms with Crippen LogP contribution in [0.1, 0.15) is 72.6 Å². The van der Waals surface area contributed by atoms with E-state index in [1.807, 2.05) is 24.3 Å². The van der Waals surface area contributed by atoms with Gasteiger partial charge in [-0.2, -0.15) is 0 Å². The van der Waals surface area contributed by atoms with Gasteiger partial charge in [0.05, 0.1) is 13.5 Å². The summed E-state index contributed by atoms with van der Waals surface area (Å²) in [5.41, 5.74) is 6.03. The average molecular weight is 475 g/mol. The fraction of sp³-hybridized carbons (Fsp3) is 0.367. The van der Waals surface area contributed by atoms with E-state index in [1.165, 1.54) is 30.0 Å². The van der Waals surface area contributed by atoms with E-state index in [9.17, 15) is 14.3 Å². The van der Waals surface area contributed by atoms with E-state index in [1.54, 1.807) is 19.2 Å². The zero-order chi connectivity index (χ0) is 24.4. The third-order valence-corrected chi connectivity index (χ3v) is 7.52. The normalized spacial score (nSPS) is 17.4. The van der Waals surface area contributed by atoms with Gasteiger partial charge < -0.3 is 14.6 Å². The first kappa shape index (κ1) is 23.4. The number of rotatable bonds is 8. The van der Waals surface area contributed by atoms with Crippen molar-refractivity contribution in [3.8, 4) is 22.6 Å². The van der Waals surface area contributed by atoms with Gasteiger partial charge in [0.25, 0.3) is 0 Å². The number of halogens is 1. The van der Waals surface area contributed by atoms with Crippen LogP contribution in [0, 0.1) is 5.82 Å². The second-order valence-electron chi connectivity index (χ2n) is 9.73. The van der Waals surface area contributed by atoms with Crippen LogP contribution in [0.5, 0.6) is 11.5 Å². The topological polar surface area (TPSA) is 55.8 Å². The molecule has 5 rings (SSSR count). The molecule has 1 N–H and O–H groups in total. The third-order valence-electron chi connectivity index (χ3n) is 7.52. The molecule has 35 heavy (non-hydrogen) atoms. The molecule has 3 aromatic carbocycles. The highest BCUT2D eigenvalue weighted by atomic mass is 19.1. The summed E-state index contributed by atoms with van der Waals surface area (Å²) in [6, 6.07) is 17.1. The third kappa shape index (κ3) is 5.04. The van der Waals surface area contributed by atoms with Crippen molar-refractivity contribution < 1.29 is 23.8 Å². The minimum Gasteiger partial charge on any atom is -0.497 e. The average Bonchev–Trinajstić information content (AvgIpc) is 3.53. The number of carbonyl (C=O) groups is 1. The Bertz CT molecular complexity index is 1230. The van der Waals surface area contributed by atoms with Crippen LogP contribution < -0.4 is 9.47 Å². The largest absolute Gasteiger partial charge is 0.497 e. The maximum Gasteiger partial charge on any atom is 0.303 e. The highest BCUT2D eigenvalue weighted by molar-refractivity contribution is 5.71. The molecule has 1 saturated carbocycles. The molecular weight excluding hydrogens is 443 g/mol. The van der Waals surface area contributed by atoms with Crippen molar-refractivity contribution in [1.82, 2.24) is 0 Å². The number of fused-ring (bicyclic) bond motifs is 1. The predicted molar refractivity (Wildman–Crippen MR) is 134 cm³/mol. The number of aryl methyl sites for hydroxylation is 1. The monoisotopic (exact) mass is 474 g/mol. The fourth-order valence-corrected chi connectivity index (χ4v) is 5.70. The van der Waals surface area contributed by atoms with Crippen molar-refractivity contribution in [3.63, 3.8) is 0 Å². The SMILES string of the molecule is COc1ccc(F)c(-c2ccc(COc3ccc4c(c3)[C@@H](CC(=O)O)CC4)cc2C2CCCC2)c1. The van der Waals surface area contributed by atoms with E-state index in [-0.39, 0.29) is 18.2 Å². The smallest absolute Gasteiger partial charge is 0.303 e. The van der Waals surface area contributed by atoms with Crippen LogP contribution in [-0.4, -0.2) is 18.2 Å². The van der Waals surface area contributed by atoms with Gasteiger partial charge in [0, 0.05) is 5.56 Å². The molecule has 0 bridgehead atoms. The van der Waals surface area contributed by atoms with E-state index in [0.717, 1.165) is 48.1 Å². The summed E-state index contributed by atoms with van der Waals surface area (Å²) >= 11 is 0. The van der Waals surface area contributed by atoms with Gasteiger partial charge in [-0.15, -0.1) is 0 Å². The summed E-state index contributed by atoms with van der Waals surface area (Å²) in [5, 5.41) is 9.23. The lowest BCUT2D eigenvalue weighted by Crippen LogP contribution is -2.04. The Balaban J connectivity index is 1.40. The quantitative estimate of drug-likeness (QED) is 0.374. The van der Waals surface area contributed by atoms with E-state index < -0.39 is 5.97 Å². The van der Waals surface area contributed by atoms with Crippen LogP contribution in [0.25, 0.3) is 11.1 Å². The standard InChI is InChI=1S/C30H31FO4/c1-34-23-11-13-29(31)28(16-23)25-12-6-19(14-27(25)20-4-2-3-5-20)18-35-24-10-9-21-7-8-22(15-30(32)33)26(21)17-24/h6,9-14,16-17,20,22H,2-5,7-8,15,18H2,1H3,(H,32,33)/t22-/m1/s1. The van der Waals surface area contributed by atoms with Crippen molar-refractivity contribution in [3.05, 3.63) is 82.7 Å². The molecule has 0 radical (unpaired) electrons. The molecule has 0 unspecified atom stereocenters. The Hall–Kier alpha value is -3.34. The molecule has 3 aromatic rings. The summed E-state index contributed by atoms with van der Waals surface area (Å²) in [4.78, 5) is 11.2. The molecule has 0 aliphatic heterocycles. The van der Waals surface area contributed by atoms with Crippen molar-refractivity contribution in [1.29, 1.82) is 0 Å². The Morgan fingerprint density at radius 2 is 1.74 bits per heavy atom. The van der Waals surface area contributed by atoms with Gasteiger partial charge >= 0.3 is 5.97 Å². The van der Waals surface area contributed by atoms with Crippen molar-refractivity contribution in [2.45, 2.75) is 63.4 Å². The van der Waals surface area contributed by atoms with Gasteiger partial charge in [-0.25, -0.2) is 4.39 Å². The Kier molecular flexibility index (Phi) is 6.76. The summed E-state index contributed by atoms with van der Waals surface area (Å²) in [6.07, 6.45) is 6.55. The van der Waals surface area contributed by atoms with Gasteiger partial charge in [0.2, 0.25) is 0 Å². The summed E-state index contributed by atoms with van der Waals surface area (Å²) in [6.45, 7) is 0.406. The molecule has 2 aliphatic carbocycles. The summed E-state index contributed by atoms with van der Waals surface area (Å²) in [5.74, 6) is 0.851. The second-order valence-corrected chi connectivity index (χ2v) is 9.73. The molecule has 5 heteroatoms. The van der Waals surface area contributed by atoms with Gasteiger partial charge in [0.1, 0.15) is 23.9 Å². The van der Waals surface area contributed by atoms with Crippen LogP contribution in [0.15, 0.2) is 54.6 Å². The molecule has 4 nitrogen and oxygen atoms in total. The highest BCUT2D eigenvalue weighted by Crippen LogP contribution is 2.41. The van der Waals surface area contributed by atoms with Crippen LogP contribution >= 0.6 is 0 Å². The van der Waals surface area contributed by atoms with Crippen LogP contribution in [0.2, 0.25) is 0 Å². The maximum absolute atomic E-state index is 14.8. The lowest BCUT2D eigenvalue weighted by atomic mass is 9.88. The molecule has 0 heterocycles. The molecule has 0 amide bonds. The molecule has 1 fully saturated rings. The van der Waals surface area contributed by atoms with Crippen molar-refractivity contribution in [2.75, 3.05) is 7.11 Å². The Morgan fingerprint density at radius 1 is 0.943 bits per heavy atom. The molecule has 0 aromatic heterocycles. The first-order chi connectivity index (χ1) is 17.0. The Labute approximate surface area is 205 Å². The zero-order valence-corrected chi connectivity index (χ0v) is 20.1. The number of ether oxygens (including phenoxy) is 2. The van der Waals surface area contributed by atoms with Crippen LogP contribution in [-0.2, 0) is 17.8 Å². The van der Waals surface area contributed by atoms with Gasteiger partial charge in [0.15, 0.2) is 0 Å². The van der Waals surface area contributed by atoms with E-state index >= 15 is 0 Å². The number of hydrogen-bond acceptors (Lipinski definition) is 3. The number of benzene rings is 3. The maximum atomic E-state index is 14.8. The van der Waals surface area contributed by atoms with Crippen molar-refractivity contribution >= 4 is 5.97 Å². The van der Waals surface area contributed by atoms with E-state index in [0.29, 0.717) is 23.8 Å². The fourth-order valence-electron chi connectivity index (χ4n) is 5.70. The minimum absolute atomic E-state index is 0.0528. The van der Waals surface area contributed by atoms with Gasteiger partial charge in [-0.3, -0.25) is 4.79 Å². The first-order valence-corrected chi connectivity index (χ1v) is 12.5. The highest BCUT2D eigenvalue weighted by Gasteiger charge is 2.25. The van der Waals surface area contributed by atoms with Gasteiger partial charge in [-0.05, 0) is 95.7 Å². The van der Waals surface area contributed by atoms with Crippen molar-refractivity contribution in [2.24, 2.45) is 0 Å². The number of aliphatic carboxylic acids is 1. The number of carboxylic acids is 1. The van der Waals surface area contributed by atoms with E-state index in [2.05, 4.69) is 12.1 Å². The molecule has 0 saturated heterocycles. The molecule has 0 spiro atoms. The first-order valence-electron chi connectivity index (χ1n) is 12.5. The lowest BCUT2D eigenvalue weighted by molar-refractivity contribution is -0.137. The minimum atomic E-state index is -0.763. The number of methoxy groups -OCH3 is 1. The van der Waals surface area contributed by atoms with Crippen LogP contribution in [0.4, 0.5) is 4.39 Å².